The van der Waals surface area contributed by atoms with Gasteiger partial charge in [-0.05, 0) is 11.6 Å². The number of nitrogens with zero attached hydrogens (tertiary/aromatic N) is 2. The number of rotatable bonds is 6. The van der Waals surface area contributed by atoms with Gasteiger partial charge in [0.1, 0.15) is 0 Å². The van der Waals surface area contributed by atoms with E-state index in [-0.39, 0.29) is 0 Å². The van der Waals surface area contributed by atoms with Crippen molar-refractivity contribution in [1.29, 1.82) is 0 Å². The molecule has 6 nitrogen and oxygen atoms in total. The van der Waals surface area contributed by atoms with E-state index in [0.717, 1.165) is 11.1 Å². The molecule has 2 aromatic carbocycles. The first kappa shape index (κ1) is 16.4. The van der Waals surface area contributed by atoms with E-state index < -0.39 is 24.4 Å². The van der Waals surface area contributed by atoms with Crippen molar-refractivity contribution in [3.05, 3.63) is 66.7 Å². The number of carboxylic acid groups (broad SMARTS) is 2. The standard InChI is InChI=1S/C19H16N2O4/c22-18(23)12-17(19(24)25)21-16(14-9-5-2-6-10-14)11-15(20-21)13-7-3-1-4-8-13/h1-11,17H,12H2,(H,22,23)(H,24,25)/t17-/m1/s1. The van der Waals surface area contributed by atoms with Gasteiger partial charge in [0.05, 0.1) is 17.8 Å². The smallest absolute Gasteiger partial charge is 0.329 e. The van der Waals surface area contributed by atoms with Crippen LogP contribution in [-0.2, 0) is 9.59 Å². The number of hydrogen-bond acceptors (Lipinski definition) is 3. The minimum absolute atomic E-state index is 0.551. The third kappa shape index (κ3) is 3.58. The lowest BCUT2D eigenvalue weighted by atomic mass is 10.1. The molecule has 0 saturated carbocycles. The van der Waals surface area contributed by atoms with Crippen LogP contribution in [0.25, 0.3) is 22.5 Å². The Morgan fingerprint density at radius 1 is 0.920 bits per heavy atom. The predicted octanol–water partition coefficient (Wildman–Crippen LogP) is 3.32. The van der Waals surface area contributed by atoms with E-state index in [2.05, 4.69) is 5.10 Å². The van der Waals surface area contributed by atoms with Crippen LogP contribution < -0.4 is 0 Å². The number of hydrogen-bond donors (Lipinski definition) is 2. The number of aromatic nitrogens is 2. The molecule has 0 radical (unpaired) electrons. The monoisotopic (exact) mass is 336 g/mol. The maximum Gasteiger partial charge on any atom is 0.329 e. The second-order valence-electron chi connectivity index (χ2n) is 5.54. The Kier molecular flexibility index (Phi) is 4.61. The maximum absolute atomic E-state index is 11.6. The van der Waals surface area contributed by atoms with Crippen LogP contribution in [0.2, 0.25) is 0 Å². The molecule has 0 amide bonds. The molecule has 1 aromatic heterocycles. The van der Waals surface area contributed by atoms with Gasteiger partial charge in [-0.1, -0.05) is 60.7 Å². The van der Waals surface area contributed by atoms with Gasteiger partial charge in [0.15, 0.2) is 6.04 Å². The largest absolute Gasteiger partial charge is 0.481 e. The van der Waals surface area contributed by atoms with Gasteiger partial charge >= 0.3 is 11.9 Å². The predicted molar refractivity (Wildman–Crippen MR) is 92.0 cm³/mol. The summed E-state index contributed by atoms with van der Waals surface area (Å²) in [6, 6.07) is 19.0. The summed E-state index contributed by atoms with van der Waals surface area (Å²) in [6.07, 6.45) is -0.551. The first-order chi connectivity index (χ1) is 12.1. The number of carboxylic acids is 2. The van der Waals surface area contributed by atoms with E-state index in [1.807, 2.05) is 60.7 Å². The van der Waals surface area contributed by atoms with Crippen LogP contribution in [0.5, 0.6) is 0 Å². The summed E-state index contributed by atoms with van der Waals surface area (Å²) in [5.41, 5.74) is 2.76. The second-order valence-corrected chi connectivity index (χ2v) is 5.54. The van der Waals surface area contributed by atoms with Crippen LogP contribution in [0, 0.1) is 0 Å². The summed E-state index contributed by atoms with van der Waals surface area (Å²) in [5, 5.41) is 23.0. The summed E-state index contributed by atoms with van der Waals surface area (Å²) >= 11 is 0. The van der Waals surface area contributed by atoms with Gasteiger partial charge in [-0.2, -0.15) is 5.10 Å². The van der Waals surface area contributed by atoms with Crippen molar-refractivity contribution < 1.29 is 19.8 Å². The molecule has 0 aliphatic heterocycles. The highest BCUT2D eigenvalue weighted by Gasteiger charge is 2.27. The molecule has 0 unspecified atom stereocenters. The summed E-state index contributed by atoms with van der Waals surface area (Å²) < 4.78 is 1.29. The Morgan fingerprint density at radius 3 is 2.00 bits per heavy atom. The van der Waals surface area contributed by atoms with Gasteiger partial charge in [0.25, 0.3) is 0 Å². The highest BCUT2D eigenvalue weighted by molar-refractivity contribution is 5.80. The SMILES string of the molecule is O=C(O)C[C@H](C(=O)O)n1nc(-c2ccccc2)cc1-c1ccccc1. The van der Waals surface area contributed by atoms with Gasteiger partial charge < -0.3 is 10.2 Å². The maximum atomic E-state index is 11.6. The molecular weight excluding hydrogens is 320 g/mol. The number of aliphatic carboxylic acids is 2. The lowest BCUT2D eigenvalue weighted by Crippen LogP contribution is -2.24. The lowest BCUT2D eigenvalue weighted by Gasteiger charge is -2.14. The Hall–Kier alpha value is -3.41. The molecule has 126 valence electrons. The van der Waals surface area contributed by atoms with Gasteiger partial charge in [-0.15, -0.1) is 0 Å². The fourth-order valence-electron chi connectivity index (χ4n) is 2.65. The van der Waals surface area contributed by atoms with Crippen LogP contribution in [0.1, 0.15) is 12.5 Å². The van der Waals surface area contributed by atoms with E-state index in [1.165, 1.54) is 4.68 Å². The molecule has 0 aliphatic rings. The zero-order valence-electron chi connectivity index (χ0n) is 13.2. The van der Waals surface area contributed by atoms with E-state index >= 15 is 0 Å². The molecule has 3 aromatic rings. The fraction of sp³-hybridized carbons (Fsp3) is 0.105. The molecule has 1 atom stereocenters. The third-order valence-corrected chi connectivity index (χ3v) is 3.82. The van der Waals surface area contributed by atoms with Crippen LogP contribution in [0.4, 0.5) is 0 Å². The summed E-state index contributed by atoms with van der Waals surface area (Å²) in [6.45, 7) is 0. The average Bonchev–Trinajstić information content (AvgIpc) is 3.06. The van der Waals surface area contributed by atoms with Crippen molar-refractivity contribution in [1.82, 2.24) is 9.78 Å². The first-order valence-corrected chi connectivity index (χ1v) is 7.71. The highest BCUT2D eigenvalue weighted by Crippen LogP contribution is 2.29. The Balaban J connectivity index is 2.16. The van der Waals surface area contributed by atoms with E-state index in [1.54, 1.807) is 6.07 Å². The molecule has 0 saturated heterocycles. The van der Waals surface area contributed by atoms with Crippen molar-refractivity contribution in [2.75, 3.05) is 0 Å². The highest BCUT2D eigenvalue weighted by atomic mass is 16.4. The molecule has 0 fully saturated rings. The Labute approximate surface area is 144 Å². The molecule has 0 spiro atoms. The molecule has 2 N–H and O–H groups in total. The third-order valence-electron chi connectivity index (χ3n) is 3.82. The van der Waals surface area contributed by atoms with Gasteiger partial charge in [-0.3, -0.25) is 4.79 Å². The van der Waals surface area contributed by atoms with Crippen molar-refractivity contribution in [2.45, 2.75) is 12.5 Å². The van der Waals surface area contributed by atoms with E-state index in [4.69, 9.17) is 5.11 Å². The minimum Gasteiger partial charge on any atom is -0.481 e. The molecule has 3 rings (SSSR count). The average molecular weight is 336 g/mol. The van der Waals surface area contributed by atoms with Crippen LogP contribution >= 0.6 is 0 Å². The van der Waals surface area contributed by atoms with Crippen molar-refractivity contribution in [3.63, 3.8) is 0 Å². The van der Waals surface area contributed by atoms with E-state index in [0.29, 0.717) is 11.4 Å². The molecule has 25 heavy (non-hydrogen) atoms. The Morgan fingerprint density at radius 2 is 1.48 bits per heavy atom. The number of carbonyl (C=O) groups is 2. The topological polar surface area (TPSA) is 92.4 Å². The quantitative estimate of drug-likeness (QED) is 0.720. The molecule has 6 heteroatoms. The molecule has 1 heterocycles. The number of benzene rings is 2. The minimum atomic E-state index is -1.29. The van der Waals surface area contributed by atoms with Crippen LogP contribution in [-0.4, -0.2) is 31.9 Å². The van der Waals surface area contributed by atoms with Crippen molar-refractivity contribution in [2.24, 2.45) is 0 Å². The first-order valence-electron chi connectivity index (χ1n) is 7.71. The molecule has 0 bridgehead atoms. The zero-order chi connectivity index (χ0) is 17.8. The van der Waals surface area contributed by atoms with Crippen molar-refractivity contribution >= 4 is 11.9 Å². The van der Waals surface area contributed by atoms with E-state index in [9.17, 15) is 14.7 Å². The zero-order valence-corrected chi connectivity index (χ0v) is 13.2. The summed E-state index contributed by atoms with van der Waals surface area (Å²) in [4.78, 5) is 22.7. The molecular formula is C19H16N2O4. The van der Waals surface area contributed by atoms with Crippen LogP contribution in [0.3, 0.4) is 0 Å². The normalized spacial score (nSPS) is 11.8. The van der Waals surface area contributed by atoms with Gasteiger partial charge in [0.2, 0.25) is 0 Å². The van der Waals surface area contributed by atoms with Crippen LogP contribution in [0.15, 0.2) is 66.7 Å². The fourth-order valence-corrected chi connectivity index (χ4v) is 2.65. The Bertz CT molecular complexity index is 888. The van der Waals surface area contributed by atoms with Crippen molar-refractivity contribution in [3.8, 4) is 22.5 Å². The van der Waals surface area contributed by atoms with Gasteiger partial charge in [0, 0.05) is 5.56 Å². The molecule has 0 aliphatic carbocycles. The summed E-state index contributed by atoms with van der Waals surface area (Å²) in [5.74, 6) is -2.43. The lowest BCUT2D eigenvalue weighted by molar-refractivity contribution is -0.147. The second kappa shape index (κ2) is 7.00. The van der Waals surface area contributed by atoms with Gasteiger partial charge in [-0.25, -0.2) is 9.48 Å². The summed E-state index contributed by atoms with van der Waals surface area (Å²) in [7, 11) is 0.